The summed E-state index contributed by atoms with van der Waals surface area (Å²) in [4.78, 5) is 26.6. The fourth-order valence-electron chi connectivity index (χ4n) is 1.45. The van der Waals surface area contributed by atoms with Gasteiger partial charge in [-0.1, -0.05) is 0 Å². The second kappa shape index (κ2) is 9.17. The minimum absolute atomic E-state index is 0.287. The number of rotatable bonds is 7. The van der Waals surface area contributed by atoms with E-state index in [0.717, 1.165) is 0 Å². The smallest absolute Gasteiger partial charge is 0.408 e. The molecule has 0 rings (SSSR count). The zero-order valence-corrected chi connectivity index (χ0v) is 13.0. The molecule has 122 valence electrons. The summed E-state index contributed by atoms with van der Waals surface area (Å²) in [6.45, 7) is 7.20. The van der Waals surface area contributed by atoms with E-state index < -0.39 is 23.7 Å². The van der Waals surface area contributed by atoms with E-state index in [4.69, 9.17) is 15.1 Å². The molecular formula is C13H25N3O5. The molecule has 4 N–H and O–H groups in total. The maximum absolute atomic E-state index is 11.5. The lowest BCUT2D eigenvalue weighted by Gasteiger charge is -2.21. The molecular weight excluding hydrogens is 278 g/mol. The Hall–Kier alpha value is -1.83. The number of nitrogens with zero attached hydrogens (tertiary/aromatic N) is 1. The van der Waals surface area contributed by atoms with Crippen molar-refractivity contribution in [2.24, 2.45) is 4.99 Å². The van der Waals surface area contributed by atoms with Gasteiger partial charge in [0, 0.05) is 6.54 Å². The van der Waals surface area contributed by atoms with Crippen LogP contribution < -0.4 is 10.8 Å². The number of nitrogens with one attached hydrogen (secondary N) is 2. The van der Waals surface area contributed by atoms with Crippen molar-refractivity contribution in [3.8, 4) is 0 Å². The number of aliphatic carboxylic acids is 1. The highest BCUT2D eigenvalue weighted by Crippen LogP contribution is 2.08. The molecule has 1 atom stereocenters. The van der Waals surface area contributed by atoms with Gasteiger partial charge in [-0.3, -0.25) is 15.7 Å². The molecule has 8 heteroatoms. The van der Waals surface area contributed by atoms with Gasteiger partial charge in [-0.05, 0) is 47.0 Å². The Kier molecular flexibility index (Phi) is 8.37. The summed E-state index contributed by atoms with van der Waals surface area (Å²) in [5, 5.41) is 19.9. The Morgan fingerprint density at radius 2 is 1.90 bits per heavy atom. The molecule has 0 heterocycles. The van der Waals surface area contributed by atoms with E-state index in [0.29, 0.717) is 25.2 Å². The molecule has 1 amide bonds. The molecule has 0 saturated carbocycles. The van der Waals surface area contributed by atoms with E-state index in [1.165, 1.54) is 0 Å². The van der Waals surface area contributed by atoms with Gasteiger partial charge in [-0.25, -0.2) is 9.59 Å². The first-order valence-electron chi connectivity index (χ1n) is 6.79. The van der Waals surface area contributed by atoms with E-state index >= 15 is 0 Å². The van der Waals surface area contributed by atoms with Crippen LogP contribution in [0.4, 0.5) is 4.79 Å². The molecule has 0 aromatic carbocycles. The van der Waals surface area contributed by atoms with Crippen molar-refractivity contribution in [1.82, 2.24) is 10.8 Å². The van der Waals surface area contributed by atoms with Crippen LogP contribution in [-0.4, -0.2) is 46.4 Å². The average molecular weight is 303 g/mol. The Morgan fingerprint density at radius 1 is 1.29 bits per heavy atom. The van der Waals surface area contributed by atoms with E-state index in [2.05, 4.69) is 10.3 Å². The zero-order valence-electron chi connectivity index (χ0n) is 13.0. The summed E-state index contributed by atoms with van der Waals surface area (Å²) in [6, 6.07) is -0.985. The number of ether oxygens (including phenoxy) is 1. The van der Waals surface area contributed by atoms with Crippen LogP contribution in [0.2, 0.25) is 0 Å². The molecule has 0 spiro atoms. The van der Waals surface area contributed by atoms with Crippen molar-refractivity contribution in [1.29, 1.82) is 0 Å². The molecule has 0 aliphatic rings. The molecule has 0 fully saturated rings. The Morgan fingerprint density at radius 3 is 2.38 bits per heavy atom. The van der Waals surface area contributed by atoms with Gasteiger partial charge in [0.05, 0.1) is 0 Å². The number of carboxylic acid groups (broad SMARTS) is 1. The van der Waals surface area contributed by atoms with E-state index in [9.17, 15) is 9.59 Å². The Balaban J connectivity index is 4.15. The van der Waals surface area contributed by atoms with E-state index in [1.54, 1.807) is 27.7 Å². The van der Waals surface area contributed by atoms with Gasteiger partial charge < -0.3 is 15.2 Å². The molecule has 8 nitrogen and oxygen atoms in total. The van der Waals surface area contributed by atoms with E-state index in [1.807, 2.05) is 5.48 Å². The number of hydrogen-bond donors (Lipinski definition) is 4. The second-order valence-corrected chi connectivity index (χ2v) is 5.61. The van der Waals surface area contributed by atoms with Crippen LogP contribution >= 0.6 is 0 Å². The van der Waals surface area contributed by atoms with Crippen molar-refractivity contribution in [2.75, 3.05) is 6.54 Å². The fraction of sp³-hybridized carbons (Fsp3) is 0.769. The first-order valence-corrected chi connectivity index (χ1v) is 6.79. The first-order chi connectivity index (χ1) is 9.65. The van der Waals surface area contributed by atoms with Crippen LogP contribution in [0.1, 0.15) is 47.0 Å². The lowest BCUT2D eigenvalue weighted by atomic mass is 10.1. The summed E-state index contributed by atoms with van der Waals surface area (Å²) in [6.07, 6.45) is 0.775. The standard InChI is InChI=1S/C13H25N3O5/c1-9(16-20)14-8-6-5-7-10(11(17)18)15-12(19)21-13(2,3)4/h10,20H,5-8H2,1-4H3,(H,14,16)(H,15,19)(H,17,18). The van der Waals surface area contributed by atoms with Crippen LogP contribution in [0, 0.1) is 0 Å². The molecule has 21 heavy (non-hydrogen) atoms. The number of hydrogen-bond acceptors (Lipinski definition) is 5. The number of amidine groups is 1. The van der Waals surface area contributed by atoms with Crippen molar-refractivity contribution >= 4 is 17.9 Å². The first kappa shape index (κ1) is 19.2. The highest BCUT2D eigenvalue weighted by atomic mass is 16.6. The number of unbranched alkanes of at least 4 members (excludes halogenated alkanes) is 1. The maximum atomic E-state index is 11.5. The van der Waals surface area contributed by atoms with E-state index in [-0.39, 0.29) is 6.42 Å². The van der Waals surface area contributed by atoms with Gasteiger partial charge in [0.25, 0.3) is 0 Å². The third kappa shape index (κ3) is 10.6. The molecule has 0 aliphatic carbocycles. The Bertz CT molecular complexity index is 376. The molecule has 0 aromatic heterocycles. The van der Waals surface area contributed by atoms with Gasteiger partial charge in [0.2, 0.25) is 0 Å². The summed E-state index contributed by atoms with van der Waals surface area (Å²) in [5.41, 5.74) is 1.24. The molecule has 0 saturated heterocycles. The average Bonchev–Trinajstić information content (AvgIpc) is 2.34. The van der Waals surface area contributed by atoms with Crippen LogP contribution in [0.15, 0.2) is 4.99 Å². The number of amides is 1. The van der Waals surface area contributed by atoms with Gasteiger partial charge >= 0.3 is 12.1 Å². The van der Waals surface area contributed by atoms with Gasteiger partial charge in [0.15, 0.2) is 0 Å². The fourth-order valence-corrected chi connectivity index (χ4v) is 1.45. The van der Waals surface area contributed by atoms with Crippen LogP contribution in [0.25, 0.3) is 0 Å². The van der Waals surface area contributed by atoms with Gasteiger partial charge in [-0.15, -0.1) is 0 Å². The molecule has 0 aromatic rings. The lowest BCUT2D eigenvalue weighted by molar-refractivity contribution is -0.139. The summed E-state index contributed by atoms with van der Waals surface area (Å²) < 4.78 is 5.02. The van der Waals surface area contributed by atoms with Gasteiger partial charge in [0.1, 0.15) is 17.5 Å². The van der Waals surface area contributed by atoms with Gasteiger partial charge in [-0.2, -0.15) is 0 Å². The number of hydroxylamine groups is 1. The third-order valence-electron chi connectivity index (χ3n) is 2.40. The van der Waals surface area contributed by atoms with Crippen molar-refractivity contribution in [3.63, 3.8) is 0 Å². The second-order valence-electron chi connectivity index (χ2n) is 5.61. The molecule has 1 unspecified atom stereocenters. The number of carboxylic acids is 1. The lowest BCUT2D eigenvalue weighted by Crippen LogP contribution is -2.43. The van der Waals surface area contributed by atoms with Crippen molar-refractivity contribution in [3.05, 3.63) is 0 Å². The predicted molar refractivity (Wildman–Crippen MR) is 77.5 cm³/mol. The quantitative estimate of drug-likeness (QED) is 0.245. The van der Waals surface area contributed by atoms with Crippen molar-refractivity contribution < 1.29 is 24.6 Å². The highest BCUT2D eigenvalue weighted by molar-refractivity contribution is 5.80. The van der Waals surface area contributed by atoms with Crippen LogP contribution in [0.5, 0.6) is 0 Å². The highest BCUT2D eigenvalue weighted by Gasteiger charge is 2.23. The number of alkyl carbamates (subject to hydrolysis) is 1. The van der Waals surface area contributed by atoms with Crippen LogP contribution in [-0.2, 0) is 9.53 Å². The summed E-state index contributed by atoms with van der Waals surface area (Å²) in [7, 11) is 0. The zero-order chi connectivity index (χ0) is 16.5. The summed E-state index contributed by atoms with van der Waals surface area (Å²) >= 11 is 0. The normalized spacial score (nSPS) is 13.5. The SMILES string of the molecule is CC(=NCCCCC(NC(=O)OC(C)(C)C)C(=O)O)NO. The maximum Gasteiger partial charge on any atom is 0.408 e. The van der Waals surface area contributed by atoms with Crippen molar-refractivity contribution in [2.45, 2.75) is 58.6 Å². The monoisotopic (exact) mass is 303 g/mol. The number of carbonyl (C=O) groups excluding carboxylic acids is 1. The minimum atomic E-state index is -1.10. The number of carbonyl (C=O) groups is 2. The predicted octanol–water partition coefficient (Wildman–Crippen LogP) is 1.53. The molecule has 0 bridgehead atoms. The van der Waals surface area contributed by atoms with Crippen LogP contribution in [0.3, 0.4) is 0 Å². The Labute approximate surface area is 124 Å². The topological polar surface area (TPSA) is 120 Å². The summed E-state index contributed by atoms with van der Waals surface area (Å²) in [5.74, 6) is -0.700. The largest absolute Gasteiger partial charge is 0.480 e. The molecule has 0 radical (unpaired) electrons. The number of aliphatic imine (C=N–C) groups is 1. The third-order valence-corrected chi connectivity index (χ3v) is 2.40. The minimum Gasteiger partial charge on any atom is -0.480 e. The molecule has 0 aliphatic heterocycles.